The summed E-state index contributed by atoms with van der Waals surface area (Å²) in [6, 6.07) is 2.20. The molecule has 1 aromatic carbocycles. The largest absolute Gasteiger partial charge is 1.00 e. The second-order valence-electron chi connectivity index (χ2n) is 5.40. The summed E-state index contributed by atoms with van der Waals surface area (Å²) < 4.78 is 0. The summed E-state index contributed by atoms with van der Waals surface area (Å²) in [5.41, 5.74) is -1.04. The van der Waals surface area contributed by atoms with Crippen LogP contribution in [0.1, 0.15) is 41.0 Å². The van der Waals surface area contributed by atoms with Crippen LogP contribution in [-0.2, 0) is 4.79 Å². The van der Waals surface area contributed by atoms with Crippen LogP contribution in [0.2, 0.25) is 0 Å². The molecule has 0 aromatic heterocycles. The molecule has 2 rings (SSSR count). The van der Waals surface area contributed by atoms with E-state index in [0.29, 0.717) is 4.90 Å². The van der Waals surface area contributed by atoms with Gasteiger partial charge in [-0.15, -0.1) is 0 Å². The van der Waals surface area contributed by atoms with Crippen molar-refractivity contribution in [1.82, 2.24) is 4.90 Å². The Bertz CT molecular complexity index is 688. The Kier molecular flexibility index (Phi) is 6.04. The van der Waals surface area contributed by atoms with E-state index in [9.17, 15) is 29.6 Å². The monoisotopic (exact) mass is 328 g/mol. The fourth-order valence-electron chi connectivity index (χ4n) is 2.47. The molecule has 1 aliphatic heterocycles. The van der Waals surface area contributed by atoms with Crippen LogP contribution in [0.25, 0.3) is 0 Å². The second-order valence-corrected chi connectivity index (χ2v) is 5.40. The van der Waals surface area contributed by atoms with Crippen molar-refractivity contribution >= 4 is 23.5 Å². The van der Waals surface area contributed by atoms with Crippen molar-refractivity contribution in [2.75, 3.05) is 0 Å². The van der Waals surface area contributed by atoms with Gasteiger partial charge >= 0.3 is 29.6 Å². The molecular weight excluding hydrogens is 315 g/mol. The topological polar surface area (TPSA) is 121 Å². The Balaban J connectivity index is 0.00000264. The van der Waals surface area contributed by atoms with E-state index in [4.69, 9.17) is 0 Å². The van der Waals surface area contributed by atoms with Gasteiger partial charge in [-0.3, -0.25) is 24.6 Å². The van der Waals surface area contributed by atoms with E-state index in [0.717, 1.165) is 6.07 Å². The van der Waals surface area contributed by atoms with Gasteiger partial charge in [0.05, 0.1) is 22.5 Å². The van der Waals surface area contributed by atoms with Gasteiger partial charge in [0, 0.05) is 6.07 Å². The molecule has 1 aliphatic rings. The summed E-state index contributed by atoms with van der Waals surface area (Å²) >= 11 is 0. The van der Waals surface area contributed by atoms with E-state index in [-0.39, 0.29) is 53.0 Å². The van der Waals surface area contributed by atoms with E-state index in [1.165, 1.54) is 12.1 Å². The molecule has 0 radical (unpaired) electrons. The normalized spacial score (nSPS) is 14.5. The van der Waals surface area contributed by atoms with Crippen molar-refractivity contribution in [3.63, 3.8) is 0 Å². The molecule has 1 atom stereocenters. The number of carboxylic acids is 1. The number of nitrogens with zero attached hydrogens (tertiary/aromatic N) is 2. The minimum Gasteiger partial charge on any atom is -0.548 e. The van der Waals surface area contributed by atoms with E-state index >= 15 is 0 Å². The van der Waals surface area contributed by atoms with Crippen LogP contribution in [0, 0.1) is 16.0 Å². The van der Waals surface area contributed by atoms with Crippen LogP contribution in [0.5, 0.6) is 0 Å². The molecule has 8 nitrogen and oxygen atoms in total. The molecule has 2 amide bonds. The van der Waals surface area contributed by atoms with Crippen LogP contribution < -0.4 is 34.7 Å². The number of nitro groups is 1. The molecule has 0 saturated carbocycles. The predicted molar refractivity (Wildman–Crippen MR) is 71.8 cm³/mol. The number of aliphatic carboxylic acids is 1. The van der Waals surface area contributed by atoms with Crippen LogP contribution in [0.3, 0.4) is 0 Å². The number of imide groups is 1. The second kappa shape index (κ2) is 7.20. The SMILES string of the molecule is CC(C)CC(C(=O)[O-])N1C(=O)c2cccc([N+](=O)[O-])c2C1=O.[Na+]. The molecule has 0 spiro atoms. The number of benzene rings is 1. The quantitative estimate of drug-likeness (QED) is 0.252. The summed E-state index contributed by atoms with van der Waals surface area (Å²) in [6.45, 7) is 3.47. The molecule has 0 N–H and O–H groups in total. The zero-order valence-corrected chi connectivity index (χ0v) is 14.9. The third kappa shape index (κ3) is 3.44. The van der Waals surface area contributed by atoms with Crippen molar-refractivity contribution in [3.05, 3.63) is 39.4 Å². The van der Waals surface area contributed by atoms with Gasteiger partial charge in [-0.05, 0) is 18.4 Å². The number of rotatable bonds is 5. The van der Waals surface area contributed by atoms with Crippen LogP contribution in [-0.4, -0.2) is 33.6 Å². The number of hydrogen-bond acceptors (Lipinski definition) is 6. The molecule has 0 fully saturated rings. The summed E-state index contributed by atoms with van der Waals surface area (Å²) in [5.74, 6) is -3.49. The fourth-order valence-corrected chi connectivity index (χ4v) is 2.47. The number of carbonyl (C=O) groups excluding carboxylic acids is 3. The van der Waals surface area contributed by atoms with Crippen molar-refractivity contribution in [1.29, 1.82) is 0 Å². The minimum atomic E-state index is -1.56. The molecule has 1 heterocycles. The van der Waals surface area contributed by atoms with Gasteiger partial charge in [0.25, 0.3) is 17.5 Å². The predicted octanol–water partition coefficient (Wildman–Crippen LogP) is -2.64. The van der Waals surface area contributed by atoms with Crippen LogP contribution in [0.4, 0.5) is 5.69 Å². The maximum absolute atomic E-state index is 12.4. The van der Waals surface area contributed by atoms with Gasteiger partial charge < -0.3 is 9.90 Å². The van der Waals surface area contributed by atoms with Crippen LogP contribution >= 0.6 is 0 Å². The van der Waals surface area contributed by atoms with Gasteiger partial charge in [-0.25, -0.2) is 0 Å². The summed E-state index contributed by atoms with van der Waals surface area (Å²) in [5, 5.41) is 22.3. The molecular formula is C14H13N2NaO6. The zero-order valence-electron chi connectivity index (χ0n) is 12.9. The average molecular weight is 328 g/mol. The number of carboxylic acid groups (broad SMARTS) is 1. The number of nitro benzene ring substituents is 1. The van der Waals surface area contributed by atoms with Gasteiger partial charge in [0.15, 0.2) is 0 Å². The Morgan fingerprint density at radius 1 is 1.26 bits per heavy atom. The van der Waals surface area contributed by atoms with Crippen molar-refractivity contribution in [2.24, 2.45) is 5.92 Å². The molecule has 23 heavy (non-hydrogen) atoms. The van der Waals surface area contributed by atoms with Gasteiger partial charge in [-0.2, -0.15) is 0 Å². The number of hydrogen-bond donors (Lipinski definition) is 0. The first-order valence-corrected chi connectivity index (χ1v) is 6.61. The first-order valence-electron chi connectivity index (χ1n) is 6.61. The Morgan fingerprint density at radius 3 is 2.35 bits per heavy atom. The Morgan fingerprint density at radius 2 is 1.87 bits per heavy atom. The molecule has 1 unspecified atom stereocenters. The van der Waals surface area contributed by atoms with Gasteiger partial charge in [0.1, 0.15) is 5.56 Å². The van der Waals surface area contributed by atoms with E-state index in [1.54, 1.807) is 13.8 Å². The molecule has 0 saturated heterocycles. The third-order valence-electron chi connectivity index (χ3n) is 3.40. The molecule has 9 heteroatoms. The third-order valence-corrected chi connectivity index (χ3v) is 3.40. The van der Waals surface area contributed by atoms with Crippen LogP contribution in [0.15, 0.2) is 18.2 Å². The summed E-state index contributed by atoms with van der Waals surface area (Å²) in [7, 11) is 0. The summed E-state index contributed by atoms with van der Waals surface area (Å²) in [4.78, 5) is 46.7. The van der Waals surface area contributed by atoms with Gasteiger partial charge in [-0.1, -0.05) is 19.9 Å². The number of carbonyl (C=O) groups is 3. The van der Waals surface area contributed by atoms with E-state index in [2.05, 4.69) is 0 Å². The standard InChI is InChI=1S/C14H14N2O6.Na/c1-7(2)6-10(14(19)20)15-12(17)8-4-3-5-9(16(21)22)11(8)13(15)18;/h3-5,7,10H,6H2,1-2H3,(H,19,20);/q;+1/p-1. The molecule has 0 aliphatic carbocycles. The number of amides is 2. The first kappa shape index (κ1) is 19.3. The molecule has 116 valence electrons. The molecule has 0 bridgehead atoms. The van der Waals surface area contributed by atoms with Crippen molar-refractivity contribution in [3.8, 4) is 0 Å². The Hall–Kier alpha value is -1.77. The van der Waals surface area contributed by atoms with E-state index in [1.807, 2.05) is 0 Å². The molecule has 1 aromatic rings. The van der Waals surface area contributed by atoms with Gasteiger partial charge in [0.2, 0.25) is 0 Å². The first-order chi connectivity index (χ1) is 10.3. The minimum absolute atomic E-state index is 0. The Labute approximate surface area is 153 Å². The maximum Gasteiger partial charge on any atom is 1.00 e. The summed E-state index contributed by atoms with van der Waals surface area (Å²) in [6.07, 6.45) is 0.0155. The zero-order chi connectivity index (χ0) is 16.6. The van der Waals surface area contributed by atoms with Crippen molar-refractivity contribution < 1.29 is 54.0 Å². The van der Waals surface area contributed by atoms with Crippen molar-refractivity contribution in [2.45, 2.75) is 26.3 Å². The fraction of sp³-hybridized carbons (Fsp3) is 0.357. The van der Waals surface area contributed by atoms with E-state index < -0.39 is 34.4 Å². The smallest absolute Gasteiger partial charge is 0.548 e. The maximum atomic E-state index is 12.4. The average Bonchev–Trinajstić information content (AvgIpc) is 2.68. The number of fused-ring (bicyclic) bond motifs is 1.